The van der Waals surface area contributed by atoms with E-state index < -0.39 is 22.2 Å². The number of rotatable bonds is 6. The molecule has 0 spiro atoms. The summed E-state index contributed by atoms with van der Waals surface area (Å²) in [4.78, 5) is 0. The molecular weight excluding hydrogens is 463 g/mol. The lowest BCUT2D eigenvalue weighted by Gasteiger charge is -2.50. The second-order valence-electron chi connectivity index (χ2n) is 11.5. The first-order valence-electron chi connectivity index (χ1n) is 12.5. The summed E-state index contributed by atoms with van der Waals surface area (Å²) < 4.78 is 14.4. The highest BCUT2D eigenvalue weighted by atomic mass is 28.4. The maximum Gasteiger partial charge on any atom is 0.261 e. The van der Waals surface area contributed by atoms with Gasteiger partial charge in [0.25, 0.3) is 8.32 Å². The minimum atomic E-state index is -2.85. The van der Waals surface area contributed by atoms with Crippen molar-refractivity contribution in [1.29, 1.82) is 5.26 Å². The standard InChI is InChI=1S/C30H37NO2Si2/c1-29(2,3)35(25-16-9-7-10-17-25,26-18-11-8-12-19-26)32-28-22-21-24-15-13-14-20-27(24)30(28,23-31)33-34(4,5)6/h7-20,28H,21-22H2,1-6H3. The maximum atomic E-state index is 10.8. The lowest BCUT2D eigenvalue weighted by Crippen LogP contribution is -2.70. The Hall–Kier alpha value is -2.50. The molecule has 2 atom stereocenters. The molecule has 0 saturated carbocycles. The van der Waals surface area contributed by atoms with Crippen molar-refractivity contribution in [2.45, 2.75) is 70.0 Å². The fourth-order valence-electron chi connectivity index (χ4n) is 5.57. The van der Waals surface area contributed by atoms with E-state index in [9.17, 15) is 5.26 Å². The zero-order chi connectivity index (χ0) is 25.3. The van der Waals surface area contributed by atoms with Gasteiger partial charge in [-0.05, 0) is 53.5 Å². The van der Waals surface area contributed by atoms with Crippen LogP contribution in [0.4, 0.5) is 0 Å². The van der Waals surface area contributed by atoms with E-state index in [1.807, 2.05) is 6.07 Å². The molecular formula is C30H37NO2Si2. The van der Waals surface area contributed by atoms with Crippen LogP contribution in [0, 0.1) is 11.3 Å². The van der Waals surface area contributed by atoms with Gasteiger partial charge in [0.2, 0.25) is 0 Å². The Bertz CT molecular complexity index is 1150. The van der Waals surface area contributed by atoms with E-state index in [1.54, 1.807) is 0 Å². The van der Waals surface area contributed by atoms with E-state index in [4.69, 9.17) is 8.85 Å². The molecule has 0 radical (unpaired) electrons. The van der Waals surface area contributed by atoms with Gasteiger partial charge in [-0.15, -0.1) is 0 Å². The van der Waals surface area contributed by atoms with E-state index in [0.29, 0.717) is 0 Å². The molecule has 35 heavy (non-hydrogen) atoms. The molecule has 2 unspecified atom stereocenters. The Morgan fingerprint density at radius 2 is 1.34 bits per heavy atom. The molecule has 0 saturated heterocycles. The molecule has 182 valence electrons. The zero-order valence-corrected chi connectivity index (χ0v) is 23.8. The third-order valence-corrected chi connectivity index (χ3v) is 12.9. The molecule has 0 bridgehead atoms. The first-order chi connectivity index (χ1) is 16.5. The van der Waals surface area contributed by atoms with E-state index >= 15 is 0 Å². The summed E-state index contributed by atoms with van der Waals surface area (Å²) in [6.07, 6.45) is 1.25. The second-order valence-corrected chi connectivity index (χ2v) is 20.2. The van der Waals surface area contributed by atoms with Crippen LogP contribution < -0.4 is 10.4 Å². The maximum absolute atomic E-state index is 10.8. The Labute approximate surface area is 213 Å². The van der Waals surface area contributed by atoms with Crippen molar-refractivity contribution in [2.75, 3.05) is 0 Å². The van der Waals surface area contributed by atoms with Gasteiger partial charge in [-0.25, -0.2) is 0 Å². The average Bonchev–Trinajstić information content (AvgIpc) is 2.83. The summed E-state index contributed by atoms with van der Waals surface area (Å²) >= 11 is 0. The third-order valence-electron chi connectivity index (χ3n) is 6.92. The molecule has 5 heteroatoms. The van der Waals surface area contributed by atoms with E-state index in [-0.39, 0.29) is 11.1 Å². The molecule has 3 nitrogen and oxygen atoms in total. The lowest BCUT2D eigenvalue weighted by atomic mass is 9.78. The van der Waals surface area contributed by atoms with Crippen molar-refractivity contribution in [3.63, 3.8) is 0 Å². The quantitative estimate of drug-likeness (QED) is 0.382. The van der Waals surface area contributed by atoms with Crippen molar-refractivity contribution in [3.8, 4) is 6.07 Å². The zero-order valence-electron chi connectivity index (χ0n) is 21.8. The number of nitrogens with zero attached hydrogens (tertiary/aromatic N) is 1. The highest BCUT2D eigenvalue weighted by Gasteiger charge is 2.57. The van der Waals surface area contributed by atoms with Crippen molar-refractivity contribution in [3.05, 3.63) is 96.1 Å². The van der Waals surface area contributed by atoms with Crippen LogP contribution in [0.25, 0.3) is 0 Å². The molecule has 1 aliphatic rings. The first kappa shape index (κ1) is 25.6. The van der Waals surface area contributed by atoms with E-state index in [2.05, 4.69) is 125 Å². The van der Waals surface area contributed by atoms with Crippen LogP contribution in [-0.4, -0.2) is 22.7 Å². The van der Waals surface area contributed by atoms with Gasteiger partial charge < -0.3 is 8.85 Å². The summed E-state index contributed by atoms with van der Waals surface area (Å²) in [7, 11) is -4.97. The molecule has 3 aromatic carbocycles. The Morgan fingerprint density at radius 3 is 1.83 bits per heavy atom. The van der Waals surface area contributed by atoms with Gasteiger partial charge >= 0.3 is 0 Å². The molecule has 0 N–H and O–H groups in total. The predicted molar refractivity (Wildman–Crippen MR) is 149 cm³/mol. The molecule has 0 heterocycles. The summed E-state index contributed by atoms with van der Waals surface area (Å²) in [6, 6.07) is 32.3. The number of benzene rings is 3. The molecule has 4 rings (SSSR count). The summed E-state index contributed by atoms with van der Waals surface area (Å²) in [5.74, 6) is 0. The van der Waals surface area contributed by atoms with Gasteiger partial charge in [0.05, 0.1) is 6.10 Å². The molecule has 0 amide bonds. The van der Waals surface area contributed by atoms with Crippen LogP contribution >= 0.6 is 0 Å². The predicted octanol–water partition coefficient (Wildman–Crippen LogP) is 6.15. The smallest absolute Gasteiger partial charge is 0.261 e. The number of hydrogen-bond acceptors (Lipinski definition) is 3. The number of nitriles is 1. The SMILES string of the molecule is CC(C)(C)[Si](OC1CCc2ccccc2C1(C#N)O[Si](C)(C)C)(c1ccccc1)c1ccccc1. The average molecular weight is 500 g/mol. The second kappa shape index (κ2) is 9.52. The highest BCUT2D eigenvalue weighted by molar-refractivity contribution is 6.99. The van der Waals surface area contributed by atoms with Crippen molar-refractivity contribution < 1.29 is 8.85 Å². The monoisotopic (exact) mass is 499 g/mol. The largest absolute Gasteiger partial charge is 0.400 e. The normalized spacial score (nSPS) is 20.7. The van der Waals surface area contributed by atoms with E-state index in [1.165, 1.54) is 15.9 Å². The molecule has 3 aromatic rings. The van der Waals surface area contributed by atoms with Crippen LogP contribution in [0.15, 0.2) is 84.9 Å². The minimum absolute atomic E-state index is 0.174. The fraction of sp³-hybridized carbons (Fsp3) is 0.367. The number of fused-ring (bicyclic) bond motifs is 1. The molecule has 0 aromatic heterocycles. The molecule has 1 aliphatic carbocycles. The van der Waals surface area contributed by atoms with Crippen molar-refractivity contribution in [1.82, 2.24) is 0 Å². The summed E-state index contributed by atoms with van der Waals surface area (Å²) in [6.45, 7) is 13.3. The highest BCUT2D eigenvalue weighted by Crippen LogP contribution is 2.46. The molecule has 0 aliphatic heterocycles. The summed E-state index contributed by atoms with van der Waals surface area (Å²) in [5.41, 5.74) is 1.03. The van der Waals surface area contributed by atoms with Crippen LogP contribution in [0.1, 0.15) is 38.3 Å². The number of hydrogen-bond donors (Lipinski definition) is 0. The van der Waals surface area contributed by atoms with Gasteiger partial charge in [-0.3, -0.25) is 0 Å². The fourth-order valence-corrected chi connectivity index (χ4v) is 11.5. The van der Waals surface area contributed by atoms with Gasteiger partial charge in [-0.1, -0.05) is 106 Å². The van der Waals surface area contributed by atoms with Crippen LogP contribution in [0.2, 0.25) is 24.7 Å². The Balaban J connectivity index is 1.96. The topological polar surface area (TPSA) is 42.2 Å². The van der Waals surface area contributed by atoms with Crippen LogP contribution in [-0.2, 0) is 20.9 Å². The Kier molecular flexibility index (Phi) is 6.96. The Morgan fingerprint density at radius 1 is 0.829 bits per heavy atom. The lowest BCUT2D eigenvalue weighted by molar-refractivity contribution is -0.0253. The molecule has 0 fully saturated rings. The van der Waals surface area contributed by atoms with Crippen molar-refractivity contribution >= 4 is 27.0 Å². The minimum Gasteiger partial charge on any atom is -0.400 e. The van der Waals surface area contributed by atoms with Gasteiger partial charge in [0.15, 0.2) is 13.9 Å². The van der Waals surface area contributed by atoms with Gasteiger partial charge in [0.1, 0.15) is 6.07 Å². The van der Waals surface area contributed by atoms with Gasteiger partial charge in [0, 0.05) is 5.56 Å². The van der Waals surface area contributed by atoms with Crippen LogP contribution in [0.3, 0.4) is 0 Å². The van der Waals surface area contributed by atoms with E-state index in [0.717, 1.165) is 18.4 Å². The number of aryl methyl sites for hydroxylation is 1. The van der Waals surface area contributed by atoms with Gasteiger partial charge in [-0.2, -0.15) is 5.26 Å². The van der Waals surface area contributed by atoms with Crippen molar-refractivity contribution in [2.24, 2.45) is 0 Å². The third kappa shape index (κ3) is 4.69. The first-order valence-corrected chi connectivity index (χ1v) is 17.8. The summed E-state index contributed by atoms with van der Waals surface area (Å²) in [5, 5.41) is 13.1. The van der Waals surface area contributed by atoms with Crippen LogP contribution in [0.5, 0.6) is 0 Å².